The highest BCUT2D eigenvalue weighted by atomic mass is 32.1. The van der Waals surface area contributed by atoms with E-state index < -0.39 is 0 Å². The van der Waals surface area contributed by atoms with Crippen molar-refractivity contribution >= 4 is 33.7 Å². The number of nitrogens with one attached hydrogen (secondary N) is 1. The fraction of sp³-hybridized carbons (Fsp3) is 0.333. The molecule has 0 atom stereocenters. The summed E-state index contributed by atoms with van der Waals surface area (Å²) in [5.74, 6) is 6.17. The number of amides is 1. The number of carbonyl (C=O) groups excluding carboxylic acids is 1. The zero-order valence-electron chi connectivity index (χ0n) is 11.3. The molecule has 0 bridgehead atoms. The Morgan fingerprint density at radius 2 is 2.33 bits per heavy atom. The van der Waals surface area contributed by atoms with Crippen LogP contribution in [-0.4, -0.2) is 22.6 Å². The number of nitrogens with zero attached hydrogens (tertiary/aromatic N) is 1. The third kappa shape index (κ3) is 3.50. The Kier molecular flexibility index (Phi) is 4.34. The van der Waals surface area contributed by atoms with Gasteiger partial charge in [0.05, 0.1) is 12.3 Å². The Bertz CT molecular complexity index is 705. The minimum atomic E-state index is -0.171. The topological polar surface area (TPSA) is 62.2 Å². The molecule has 0 aromatic carbocycles. The summed E-state index contributed by atoms with van der Waals surface area (Å²) < 4.78 is 0. The monoisotopic (exact) mass is 318 g/mol. The smallest absolute Gasteiger partial charge is 0.268 e. The van der Waals surface area contributed by atoms with E-state index in [0.717, 1.165) is 5.69 Å². The summed E-state index contributed by atoms with van der Waals surface area (Å²) in [5, 5.41) is 16.1. The zero-order valence-corrected chi connectivity index (χ0v) is 12.9. The number of carbonyl (C=O) groups is 1. The molecule has 0 saturated heterocycles. The van der Waals surface area contributed by atoms with Gasteiger partial charge in [-0.15, -0.1) is 22.7 Å². The van der Waals surface area contributed by atoms with E-state index in [4.69, 9.17) is 5.11 Å². The van der Waals surface area contributed by atoms with E-state index in [1.165, 1.54) is 35.5 Å². The molecule has 2 heterocycles. The molecule has 1 amide bonds. The van der Waals surface area contributed by atoms with Gasteiger partial charge < -0.3 is 5.11 Å². The summed E-state index contributed by atoms with van der Waals surface area (Å²) in [4.78, 5) is 17.3. The molecular weight excluding hydrogens is 304 g/mol. The third-order valence-corrected chi connectivity index (χ3v) is 4.76. The maximum Gasteiger partial charge on any atom is 0.268 e. The van der Waals surface area contributed by atoms with E-state index in [-0.39, 0.29) is 12.5 Å². The second kappa shape index (κ2) is 6.39. The molecule has 108 valence electrons. The van der Waals surface area contributed by atoms with Crippen LogP contribution in [0.15, 0.2) is 16.8 Å². The van der Waals surface area contributed by atoms with E-state index in [1.54, 1.807) is 0 Å². The van der Waals surface area contributed by atoms with Gasteiger partial charge in [0.25, 0.3) is 5.91 Å². The summed E-state index contributed by atoms with van der Waals surface area (Å²) in [7, 11) is 0. The molecule has 1 saturated carbocycles. The molecule has 6 heteroatoms. The minimum Gasteiger partial charge on any atom is -0.395 e. The van der Waals surface area contributed by atoms with E-state index in [0.29, 0.717) is 27.9 Å². The lowest BCUT2D eigenvalue weighted by molar-refractivity contribution is 0.103. The van der Waals surface area contributed by atoms with Gasteiger partial charge in [0.1, 0.15) is 4.88 Å². The van der Waals surface area contributed by atoms with Gasteiger partial charge in [-0.05, 0) is 24.3 Å². The highest BCUT2D eigenvalue weighted by Crippen LogP contribution is 2.40. The lowest BCUT2D eigenvalue weighted by Crippen LogP contribution is -2.11. The standard InChI is InChI=1S/C15H14N2O2S2/c18-7-2-1-3-11-6-8-20-13(11)14(19)17-15-16-12(9-21-15)10-4-5-10/h6,8-10,18H,2,4-5,7H2,(H,16,17,19). The fourth-order valence-electron chi connectivity index (χ4n) is 1.86. The molecule has 0 spiro atoms. The van der Waals surface area contributed by atoms with Gasteiger partial charge in [-0.1, -0.05) is 11.8 Å². The predicted molar refractivity (Wildman–Crippen MR) is 84.9 cm³/mol. The van der Waals surface area contributed by atoms with Gasteiger partial charge in [0.2, 0.25) is 0 Å². The molecule has 0 unspecified atom stereocenters. The quantitative estimate of drug-likeness (QED) is 0.852. The summed E-state index contributed by atoms with van der Waals surface area (Å²) in [6.07, 6.45) is 2.81. The number of anilines is 1. The van der Waals surface area contributed by atoms with Crippen molar-refractivity contribution in [3.8, 4) is 11.8 Å². The van der Waals surface area contributed by atoms with Crippen LogP contribution >= 0.6 is 22.7 Å². The molecule has 3 rings (SSSR count). The van der Waals surface area contributed by atoms with Gasteiger partial charge in [0, 0.05) is 23.3 Å². The lowest BCUT2D eigenvalue weighted by atomic mass is 10.2. The molecule has 0 radical (unpaired) electrons. The van der Waals surface area contributed by atoms with Gasteiger partial charge >= 0.3 is 0 Å². The molecule has 21 heavy (non-hydrogen) atoms. The first kappa shape index (κ1) is 14.3. The number of aliphatic hydroxyl groups excluding tert-OH is 1. The summed E-state index contributed by atoms with van der Waals surface area (Å²) >= 11 is 2.82. The zero-order chi connectivity index (χ0) is 14.7. The first-order valence-corrected chi connectivity index (χ1v) is 8.48. The van der Waals surface area contributed by atoms with Crippen molar-refractivity contribution in [1.29, 1.82) is 0 Å². The largest absolute Gasteiger partial charge is 0.395 e. The van der Waals surface area contributed by atoms with Crippen LogP contribution in [0.25, 0.3) is 0 Å². The third-order valence-electron chi connectivity index (χ3n) is 3.07. The van der Waals surface area contributed by atoms with Gasteiger partial charge in [0.15, 0.2) is 5.13 Å². The Morgan fingerprint density at radius 1 is 1.48 bits per heavy atom. The van der Waals surface area contributed by atoms with E-state index >= 15 is 0 Å². The van der Waals surface area contributed by atoms with Crippen LogP contribution in [0.4, 0.5) is 5.13 Å². The Balaban J connectivity index is 1.70. The molecule has 0 aliphatic heterocycles. The lowest BCUT2D eigenvalue weighted by Gasteiger charge is -1.99. The first-order valence-electron chi connectivity index (χ1n) is 6.72. The van der Waals surface area contributed by atoms with Crippen molar-refractivity contribution in [3.05, 3.63) is 33.0 Å². The number of rotatable bonds is 4. The highest BCUT2D eigenvalue weighted by molar-refractivity contribution is 7.14. The van der Waals surface area contributed by atoms with Crippen LogP contribution in [0.3, 0.4) is 0 Å². The summed E-state index contributed by atoms with van der Waals surface area (Å²) in [5.41, 5.74) is 1.79. The van der Waals surface area contributed by atoms with Crippen LogP contribution in [0.1, 0.15) is 46.1 Å². The number of aromatic nitrogens is 1. The van der Waals surface area contributed by atoms with Crippen LogP contribution in [-0.2, 0) is 0 Å². The fourth-order valence-corrected chi connectivity index (χ4v) is 3.39. The number of hydrogen-bond acceptors (Lipinski definition) is 5. The first-order chi connectivity index (χ1) is 10.3. The van der Waals surface area contributed by atoms with Crippen molar-refractivity contribution in [2.24, 2.45) is 0 Å². The minimum absolute atomic E-state index is 0.0295. The maximum absolute atomic E-state index is 12.3. The number of aliphatic hydroxyl groups is 1. The average molecular weight is 318 g/mol. The second-order valence-electron chi connectivity index (χ2n) is 4.74. The summed E-state index contributed by atoms with van der Waals surface area (Å²) in [6.45, 7) is 0.0295. The van der Waals surface area contributed by atoms with Crippen molar-refractivity contribution < 1.29 is 9.90 Å². The highest BCUT2D eigenvalue weighted by Gasteiger charge is 2.26. The van der Waals surface area contributed by atoms with E-state index in [1.807, 2.05) is 16.8 Å². The molecule has 1 aliphatic carbocycles. The molecule has 4 nitrogen and oxygen atoms in total. The van der Waals surface area contributed by atoms with Crippen LogP contribution in [0, 0.1) is 11.8 Å². The normalized spacial score (nSPS) is 13.6. The second-order valence-corrected chi connectivity index (χ2v) is 6.52. The Labute approximate surface area is 130 Å². The number of hydrogen-bond donors (Lipinski definition) is 2. The van der Waals surface area contributed by atoms with Crippen molar-refractivity contribution in [3.63, 3.8) is 0 Å². The summed E-state index contributed by atoms with van der Waals surface area (Å²) in [6, 6.07) is 1.82. The Hall–Kier alpha value is -1.68. The predicted octanol–water partition coefficient (Wildman–Crippen LogP) is 3.07. The molecule has 1 aliphatic rings. The van der Waals surface area contributed by atoms with Gasteiger partial charge in [-0.25, -0.2) is 4.98 Å². The van der Waals surface area contributed by atoms with Crippen molar-refractivity contribution in [2.45, 2.75) is 25.2 Å². The molecule has 2 aromatic rings. The van der Waals surface area contributed by atoms with Crippen LogP contribution < -0.4 is 5.32 Å². The van der Waals surface area contributed by atoms with Gasteiger partial charge in [-0.3, -0.25) is 10.1 Å². The maximum atomic E-state index is 12.3. The van der Waals surface area contributed by atoms with E-state index in [9.17, 15) is 4.79 Å². The molecular formula is C15H14N2O2S2. The SMILES string of the molecule is O=C(Nc1nc(C2CC2)cs1)c1sccc1C#CCCO. The van der Waals surface area contributed by atoms with Gasteiger partial charge in [-0.2, -0.15) is 0 Å². The average Bonchev–Trinajstić information content (AvgIpc) is 3.04. The molecule has 2 N–H and O–H groups in total. The van der Waals surface area contributed by atoms with Crippen molar-refractivity contribution in [2.75, 3.05) is 11.9 Å². The van der Waals surface area contributed by atoms with Crippen molar-refractivity contribution in [1.82, 2.24) is 4.98 Å². The number of thiazole rings is 1. The van der Waals surface area contributed by atoms with Crippen LogP contribution in [0.2, 0.25) is 0 Å². The molecule has 1 fully saturated rings. The Morgan fingerprint density at radius 3 is 3.10 bits per heavy atom. The number of thiophene rings is 1. The molecule has 2 aromatic heterocycles. The van der Waals surface area contributed by atoms with Crippen LogP contribution in [0.5, 0.6) is 0 Å². The van der Waals surface area contributed by atoms with E-state index in [2.05, 4.69) is 22.1 Å².